The van der Waals surface area contributed by atoms with Gasteiger partial charge in [-0.05, 0) is 44.1 Å². The van der Waals surface area contributed by atoms with Gasteiger partial charge in [0.05, 0.1) is 0 Å². The Balaban J connectivity index is 2.14. The number of likely N-dealkylation sites (tertiary alicyclic amines) is 1. The lowest BCUT2D eigenvalue weighted by molar-refractivity contribution is 0.396. The molecule has 5 heteroatoms. The van der Waals surface area contributed by atoms with E-state index in [1.165, 1.54) is 13.0 Å². The maximum Gasteiger partial charge on any atom is 0.106 e. The number of halogens is 1. The molecule has 1 unspecified atom stereocenters. The largest absolute Gasteiger partial charge is 0.389 e. The van der Waals surface area contributed by atoms with E-state index < -0.39 is 0 Å². The van der Waals surface area contributed by atoms with Crippen molar-refractivity contribution in [3.8, 4) is 0 Å². The fourth-order valence-corrected chi connectivity index (χ4v) is 3.04. The Kier molecular flexibility index (Phi) is 4.66. The molecule has 0 radical (unpaired) electrons. The first kappa shape index (κ1) is 14.6. The molecule has 1 aromatic rings. The summed E-state index contributed by atoms with van der Waals surface area (Å²) in [5.74, 6) is 0.699. The highest BCUT2D eigenvalue weighted by molar-refractivity contribution is 7.80. The standard InChI is InChI=1S/C14H20ClN3S/c1-17-6-5-10(8-17)9-18(2)13-4-3-11(15)7-12(13)14(16)19/h3-4,7,10H,5-6,8-9H2,1-2H3,(H2,16,19). The van der Waals surface area contributed by atoms with Crippen LogP contribution >= 0.6 is 23.8 Å². The average Bonchev–Trinajstić information content (AvgIpc) is 2.74. The van der Waals surface area contributed by atoms with Crippen LogP contribution in [0.5, 0.6) is 0 Å². The number of hydrogen-bond acceptors (Lipinski definition) is 3. The third kappa shape index (κ3) is 3.59. The third-order valence-electron chi connectivity index (χ3n) is 3.66. The average molecular weight is 298 g/mol. The zero-order valence-electron chi connectivity index (χ0n) is 11.4. The first-order chi connectivity index (χ1) is 8.97. The molecular formula is C14H20ClN3S. The molecule has 0 aliphatic carbocycles. The van der Waals surface area contributed by atoms with Gasteiger partial charge in [0.25, 0.3) is 0 Å². The second kappa shape index (κ2) is 6.07. The van der Waals surface area contributed by atoms with Gasteiger partial charge in [0, 0.05) is 36.4 Å². The number of nitrogens with zero attached hydrogens (tertiary/aromatic N) is 2. The zero-order chi connectivity index (χ0) is 14.0. The van der Waals surface area contributed by atoms with E-state index in [4.69, 9.17) is 29.6 Å². The molecular weight excluding hydrogens is 278 g/mol. The second-order valence-corrected chi connectivity index (χ2v) is 6.20. The summed E-state index contributed by atoms with van der Waals surface area (Å²) in [6.45, 7) is 3.35. The fraction of sp³-hybridized carbons (Fsp3) is 0.500. The van der Waals surface area contributed by atoms with Crippen LogP contribution in [0.15, 0.2) is 18.2 Å². The van der Waals surface area contributed by atoms with Gasteiger partial charge in [-0.25, -0.2) is 0 Å². The minimum atomic E-state index is 0.396. The van der Waals surface area contributed by atoms with Gasteiger partial charge in [0.2, 0.25) is 0 Å². The summed E-state index contributed by atoms with van der Waals surface area (Å²) in [6, 6.07) is 5.72. The molecule has 1 aliphatic rings. The maximum atomic E-state index is 6.01. The van der Waals surface area contributed by atoms with Crippen LogP contribution in [0.3, 0.4) is 0 Å². The molecule has 0 saturated carbocycles. The number of thiocarbonyl (C=S) groups is 1. The topological polar surface area (TPSA) is 32.5 Å². The first-order valence-corrected chi connectivity index (χ1v) is 7.25. The maximum absolute atomic E-state index is 6.01. The van der Waals surface area contributed by atoms with Crippen molar-refractivity contribution in [3.63, 3.8) is 0 Å². The molecule has 3 nitrogen and oxygen atoms in total. The molecule has 0 bridgehead atoms. The minimum Gasteiger partial charge on any atom is -0.389 e. The van der Waals surface area contributed by atoms with Crippen LogP contribution in [0, 0.1) is 5.92 Å². The minimum absolute atomic E-state index is 0.396. The van der Waals surface area contributed by atoms with Crippen molar-refractivity contribution in [2.24, 2.45) is 11.7 Å². The molecule has 0 amide bonds. The van der Waals surface area contributed by atoms with E-state index >= 15 is 0 Å². The van der Waals surface area contributed by atoms with Gasteiger partial charge >= 0.3 is 0 Å². The van der Waals surface area contributed by atoms with Crippen molar-refractivity contribution >= 4 is 34.5 Å². The zero-order valence-corrected chi connectivity index (χ0v) is 13.0. The van der Waals surface area contributed by atoms with Crippen LogP contribution in [0.25, 0.3) is 0 Å². The number of benzene rings is 1. The van der Waals surface area contributed by atoms with Crippen molar-refractivity contribution in [1.29, 1.82) is 0 Å². The summed E-state index contributed by atoms with van der Waals surface area (Å²) in [4.78, 5) is 5.00. The van der Waals surface area contributed by atoms with Gasteiger partial charge in [-0.15, -0.1) is 0 Å². The smallest absolute Gasteiger partial charge is 0.106 e. The van der Waals surface area contributed by atoms with Crippen molar-refractivity contribution in [1.82, 2.24) is 4.90 Å². The summed E-state index contributed by atoms with van der Waals surface area (Å²) in [6.07, 6.45) is 1.25. The van der Waals surface area contributed by atoms with Gasteiger partial charge in [-0.1, -0.05) is 23.8 Å². The summed E-state index contributed by atoms with van der Waals surface area (Å²) in [5, 5.41) is 0.667. The van der Waals surface area contributed by atoms with E-state index in [0.717, 1.165) is 24.3 Å². The Morgan fingerprint density at radius 1 is 1.58 bits per heavy atom. The SMILES string of the molecule is CN1CCC(CN(C)c2ccc(Cl)cc2C(N)=S)C1. The molecule has 2 N–H and O–H groups in total. The molecule has 0 spiro atoms. The Morgan fingerprint density at radius 2 is 2.32 bits per heavy atom. The lowest BCUT2D eigenvalue weighted by atomic mass is 10.1. The number of rotatable bonds is 4. The molecule has 0 aromatic heterocycles. The van der Waals surface area contributed by atoms with Crippen LogP contribution < -0.4 is 10.6 Å². The Hall–Kier alpha value is -0.840. The van der Waals surface area contributed by atoms with Crippen molar-refractivity contribution in [3.05, 3.63) is 28.8 Å². The molecule has 1 atom stereocenters. The molecule has 1 saturated heterocycles. The quantitative estimate of drug-likeness (QED) is 0.865. The lowest BCUT2D eigenvalue weighted by Gasteiger charge is -2.25. The highest BCUT2D eigenvalue weighted by Gasteiger charge is 2.22. The Labute approximate surface area is 125 Å². The molecule has 1 heterocycles. The highest BCUT2D eigenvalue weighted by Crippen LogP contribution is 2.25. The van der Waals surface area contributed by atoms with Crippen molar-refractivity contribution in [2.75, 3.05) is 38.6 Å². The molecule has 1 aliphatic heterocycles. The summed E-state index contributed by atoms with van der Waals surface area (Å²) >= 11 is 11.1. The first-order valence-electron chi connectivity index (χ1n) is 6.46. The molecule has 1 aromatic carbocycles. The van der Waals surface area contributed by atoms with Gasteiger partial charge in [0.15, 0.2) is 0 Å². The number of hydrogen-bond donors (Lipinski definition) is 1. The lowest BCUT2D eigenvalue weighted by Crippen LogP contribution is -2.29. The summed E-state index contributed by atoms with van der Waals surface area (Å²) < 4.78 is 0. The Bertz CT molecular complexity index is 478. The molecule has 104 valence electrons. The second-order valence-electron chi connectivity index (χ2n) is 5.32. The van der Waals surface area contributed by atoms with E-state index in [1.807, 2.05) is 18.2 Å². The van der Waals surface area contributed by atoms with Crippen LogP contribution in [-0.2, 0) is 0 Å². The predicted molar refractivity (Wildman–Crippen MR) is 86.2 cm³/mol. The van der Waals surface area contributed by atoms with Crippen molar-refractivity contribution < 1.29 is 0 Å². The van der Waals surface area contributed by atoms with Gasteiger partial charge in [-0.2, -0.15) is 0 Å². The van der Waals surface area contributed by atoms with E-state index in [1.54, 1.807) is 0 Å². The van der Waals surface area contributed by atoms with Crippen LogP contribution in [0.1, 0.15) is 12.0 Å². The molecule has 19 heavy (non-hydrogen) atoms. The fourth-order valence-electron chi connectivity index (χ4n) is 2.70. The van der Waals surface area contributed by atoms with Gasteiger partial charge in [0.1, 0.15) is 4.99 Å². The summed E-state index contributed by atoms with van der Waals surface area (Å²) in [7, 11) is 4.26. The molecule has 2 rings (SSSR count). The normalized spacial score (nSPS) is 19.6. The van der Waals surface area contributed by atoms with E-state index in [9.17, 15) is 0 Å². The highest BCUT2D eigenvalue weighted by atomic mass is 35.5. The van der Waals surface area contributed by atoms with E-state index in [0.29, 0.717) is 15.9 Å². The van der Waals surface area contributed by atoms with Crippen LogP contribution in [-0.4, -0.2) is 43.6 Å². The number of anilines is 1. The third-order valence-corrected chi connectivity index (χ3v) is 4.11. The monoisotopic (exact) mass is 297 g/mol. The van der Waals surface area contributed by atoms with Crippen LogP contribution in [0.2, 0.25) is 5.02 Å². The van der Waals surface area contributed by atoms with Crippen LogP contribution in [0.4, 0.5) is 5.69 Å². The summed E-state index contributed by atoms with van der Waals surface area (Å²) in [5.41, 5.74) is 7.71. The predicted octanol–water partition coefficient (Wildman–Crippen LogP) is 2.36. The van der Waals surface area contributed by atoms with Crippen molar-refractivity contribution in [2.45, 2.75) is 6.42 Å². The van der Waals surface area contributed by atoms with Gasteiger partial charge < -0.3 is 15.5 Å². The molecule has 1 fully saturated rings. The van der Waals surface area contributed by atoms with E-state index in [-0.39, 0.29) is 0 Å². The van der Waals surface area contributed by atoms with E-state index in [2.05, 4.69) is 23.9 Å². The Morgan fingerprint density at radius 3 is 2.89 bits per heavy atom. The van der Waals surface area contributed by atoms with Gasteiger partial charge in [-0.3, -0.25) is 0 Å². The number of nitrogens with two attached hydrogens (primary N) is 1.